The van der Waals surface area contributed by atoms with Gasteiger partial charge in [0.15, 0.2) is 0 Å². The quantitative estimate of drug-likeness (QED) is 0.115. The lowest BCUT2D eigenvalue weighted by molar-refractivity contribution is -0.385. The van der Waals surface area contributed by atoms with E-state index in [0.29, 0.717) is 12.3 Å². The van der Waals surface area contributed by atoms with Crippen LogP contribution in [0.2, 0.25) is 0 Å². The second kappa shape index (κ2) is 17.7. The van der Waals surface area contributed by atoms with Gasteiger partial charge in [0.2, 0.25) is 5.82 Å². The minimum Gasteiger partial charge on any atom is -0.434 e. The number of aromatic nitrogens is 2. The molecule has 194 valence electrons. The van der Waals surface area contributed by atoms with Crippen LogP contribution in [0.5, 0.6) is 11.6 Å². The van der Waals surface area contributed by atoms with E-state index in [2.05, 4.69) is 29.1 Å². The van der Waals surface area contributed by atoms with Gasteiger partial charge in [-0.1, -0.05) is 109 Å². The van der Waals surface area contributed by atoms with Crippen LogP contribution in [0.4, 0.5) is 11.5 Å². The lowest BCUT2D eigenvalue weighted by atomic mass is 10.0. The number of nitrogens with zero attached hydrogens (tertiary/aromatic N) is 3. The van der Waals surface area contributed by atoms with Crippen molar-refractivity contribution in [1.29, 1.82) is 0 Å². The van der Waals surface area contributed by atoms with Crippen molar-refractivity contribution in [3.63, 3.8) is 0 Å². The van der Waals surface area contributed by atoms with E-state index in [-0.39, 0.29) is 17.4 Å². The van der Waals surface area contributed by atoms with E-state index in [0.717, 1.165) is 19.3 Å². The number of hydrogen-bond donors (Lipinski definition) is 1. The number of nitrogens with one attached hydrogen (secondary N) is 1. The highest BCUT2D eigenvalue weighted by Gasteiger charge is 2.24. The Balaban J connectivity index is 1.63. The van der Waals surface area contributed by atoms with Gasteiger partial charge in [0.25, 0.3) is 0 Å². The fourth-order valence-electron chi connectivity index (χ4n) is 4.16. The number of unbranched alkanes of at least 4 members (excludes halogenated alkanes) is 13. The molecule has 0 spiro atoms. The van der Waals surface area contributed by atoms with Gasteiger partial charge >= 0.3 is 11.6 Å². The zero-order valence-electron chi connectivity index (χ0n) is 21.8. The second-order valence-corrected chi connectivity index (χ2v) is 9.26. The zero-order valence-corrected chi connectivity index (χ0v) is 21.8. The molecule has 0 fully saturated rings. The summed E-state index contributed by atoms with van der Waals surface area (Å²) in [5.74, 6) is 0.680. The van der Waals surface area contributed by atoms with Gasteiger partial charge in [-0.2, -0.15) is 4.98 Å². The van der Waals surface area contributed by atoms with Crippen molar-refractivity contribution in [2.24, 2.45) is 0 Å². The van der Waals surface area contributed by atoms with E-state index in [1.807, 2.05) is 12.1 Å². The van der Waals surface area contributed by atoms with Crippen molar-refractivity contribution in [1.82, 2.24) is 9.97 Å². The summed E-state index contributed by atoms with van der Waals surface area (Å²) in [5, 5.41) is 14.8. The lowest BCUT2D eigenvalue weighted by Gasteiger charge is -2.10. The number of rotatable bonds is 20. The van der Waals surface area contributed by atoms with Crippen LogP contribution < -0.4 is 10.1 Å². The van der Waals surface area contributed by atoms with E-state index in [1.165, 1.54) is 88.9 Å². The lowest BCUT2D eigenvalue weighted by Crippen LogP contribution is -2.08. The molecule has 35 heavy (non-hydrogen) atoms. The number of benzene rings is 1. The largest absolute Gasteiger partial charge is 0.434 e. The van der Waals surface area contributed by atoms with Crippen LogP contribution in [0, 0.1) is 10.1 Å². The number of hydrogen-bond acceptors (Lipinski definition) is 6. The van der Waals surface area contributed by atoms with Crippen molar-refractivity contribution in [2.75, 3.05) is 11.9 Å². The first-order chi connectivity index (χ1) is 17.2. The average molecular weight is 485 g/mol. The molecule has 0 aliphatic carbocycles. The Bertz CT molecular complexity index is 843. The number of nitro groups is 1. The van der Waals surface area contributed by atoms with Gasteiger partial charge < -0.3 is 10.1 Å². The van der Waals surface area contributed by atoms with Crippen molar-refractivity contribution in [3.05, 3.63) is 46.3 Å². The first kappa shape index (κ1) is 28.5. The van der Waals surface area contributed by atoms with Crippen LogP contribution in [0.15, 0.2) is 30.6 Å². The molecule has 0 aliphatic heterocycles. The smallest absolute Gasteiger partial charge is 0.373 e. The van der Waals surface area contributed by atoms with Crippen molar-refractivity contribution in [2.45, 2.75) is 110 Å². The van der Waals surface area contributed by atoms with E-state index in [4.69, 9.17) is 4.74 Å². The molecule has 7 heteroatoms. The summed E-state index contributed by atoms with van der Waals surface area (Å²) in [6.45, 7) is 4.97. The van der Waals surface area contributed by atoms with Crippen LogP contribution in [-0.2, 0) is 6.42 Å². The van der Waals surface area contributed by atoms with Gasteiger partial charge in [-0.15, -0.1) is 0 Å². The molecule has 0 radical (unpaired) electrons. The van der Waals surface area contributed by atoms with Gasteiger partial charge in [0, 0.05) is 6.54 Å². The van der Waals surface area contributed by atoms with Crippen LogP contribution in [-0.4, -0.2) is 21.4 Å². The molecule has 0 amide bonds. The Hall–Kier alpha value is -2.70. The number of anilines is 1. The summed E-state index contributed by atoms with van der Waals surface area (Å²) >= 11 is 0. The SMILES string of the molecule is CCCCCCCCCCCCCCCCNc1ncnc(Oc2ccc(CC)cc2)c1[N+](=O)[O-]. The summed E-state index contributed by atoms with van der Waals surface area (Å²) in [5.41, 5.74) is 0.947. The van der Waals surface area contributed by atoms with E-state index < -0.39 is 4.92 Å². The summed E-state index contributed by atoms with van der Waals surface area (Å²) in [7, 11) is 0. The fourth-order valence-corrected chi connectivity index (χ4v) is 4.16. The molecule has 1 N–H and O–H groups in total. The molecule has 7 nitrogen and oxygen atoms in total. The third-order valence-corrected chi connectivity index (χ3v) is 6.34. The van der Waals surface area contributed by atoms with Crippen molar-refractivity contribution in [3.8, 4) is 11.6 Å². The molecule has 0 bridgehead atoms. The monoisotopic (exact) mass is 484 g/mol. The Kier molecular flexibility index (Phi) is 14.4. The first-order valence-electron chi connectivity index (χ1n) is 13.7. The van der Waals surface area contributed by atoms with Crippen LogP contribution in [0.1, 0.15) is 109 Å². The minimum absolute atomic E-state index is 0.0438. The van der Waals surface area contributed by atoms with E-state index in [9.17, 15) is 10.1 Å². The Labute approximate surface area is 211 Å². The topological polar surface area (TPSA) is 90.2 Å². The molecule has 0 unspecified atom stereocenters. The molecule has 0 saturated heterocycles. The summed E-state index contributed by atoms with van der Waals surface area (Å²) in [6.07, 6.45) is 20.4. The minimum atomic E-state index is -0.483. The highest BCUT2D eigenvalue weighted by Crippen LogP contribution is 2.34. The van der Waals surface area contributed by atoms with Crippen LogP contribution in [0.25, 0.3) is 0 Å². The molecule has 0 aliphatic rings. The Morgan fingerprint density at radius 3 is 1.86 bits per heavy atom. The normalized spacial score (nSPS) is 10.9. The molecular formula is C28H44N4O3. The highest BCUT2D eigenvalue weighted by atomic mass is 16.6. The molecule has 1 heterocycles. The molecule has 2 rings (SSSR count). The van der Waals surface area contributed by atoms with Gasteiger partial charge in [0.1, 0.15) is 12.1 Å². The Morgan fingerprint density at radius 1 is 0.800 bits per heavy atom. The molecular weight excluding hydrogens is 440 g/mol. The maximum absolute atomic E-state index is 11.7. The van der Waals surface area contributed by atoms with Crippen LogP contribution >= 0.6 is 0 Å². The predicted octanol–water partition coefficient (Wildman–Crippen LogP) is 8.63. The molecule has 1 aromatic carbocycles. The van der Waals surface area contributed by atoms with Gasteiger partial charge in [-0.05, 0) is 30.5 Å². The Morgan fingerprint density at radius 2 is 1.34 bits per heavy atom. The fraction of sp³-hybridized carbons (Fsp3) is 0.643. The maximum Gasteiger partial charge on any atom is 0.373 e. The van der Waals surface area contributed by atoms with Gasteiger partial charge in [0.05, 0.1) is 4.92 Å². The van der Waals surface area contributed by atoms with E-state index in [1.54, 1.807) is 12.1 Å². The zero-order chi connectivity index (χ0) is 25.1. The molecule has 2 aromatic rings. The van der Waals surface area contributed by atoms with Gasteiger partial charge in [-0.25, -0.2) is 4.98 Å². The third-order valence-electron chi connectivity index (χ3n) is 6.34. The van der Waals surface area contributed by atoms with Crippen molar-refractivity contribution >= 4 is 11.5 Å². The number of ether oxygens (including phenoxy) is 1. The average Bonchev–Trinajstić information content (AvgIpc) is 2.86. The number of aryl methyl sites for hydroxylation is 1. The summed E-state index contributed by atoms with van der Waals surface area (Å²) in [6, 6.07) is 7.48. The van der Waals surface area contributed by atoms with Crippen LogP contribution in [0.3, 0.4) is 0 Å². The van der Waals surface area contributed by atoms with Gasteiger partial charge in [-0.3, -0.25) is 10.1 Å². The standard InChI is InChI=1S/C28H44N4O3/c1-3-5-6-7-8-9-10-11-12-13-14-15-16-17-22-29-27-26(32(33)34)28(31-23-30-27)35-25-20-18-24(4-2)19-21-25/h18-21,23H,3-17,22H2,1-2H3,(H,29,30,31). The first-order valence-corrected chi connectivity index (χ1v) is 13.7. The maximum atomic E-state index is 11.7. The summed E-state index contributed by atoms with van der Waals surface area (Å²) in [4.78, 5) is 19.3. The molecule has 0 saturated carbocycles. The third kappa shape index (κ3) is 11.5. The highest BCUT2D eigenvalue weighted by molar-refractivity contribution is 5.61. The second-order valence-electron chi connectivity index (χ2n) is 9.26. The van der Waals surface area contributed by atoms with E-state index >= 15 is 0 Å². The molecule has 1 aromatic heterocycles. The summed E-state index contributed by atoms with van der Waals surface area (Å²) < 4.78 is 5.71. The predicted molar refractivity (Wildman–Crippen MR) is 143 cm³/mol. The van der Waals surface area contributed by atoms with Crippen molar-refractivity contribution < 1.29 is 9.66 Å². The molecule has 0 atom stereocenters.